The molecular weight excluding hydrogens is 337 g/mol. The summed E-state index contributed by atoms with van der Waals surface area (Å²) in [5.41, 5.74) is 0.514. The van der Waals surface area contributed by atoms with E-state index in [1.54, 1.807) is 6.07 Å². The number of rotatable bonds is 4. The third-order valence-electron chi connectivity index (χ3n) is 4.53. The van der Waals surface area contributed by atoms with Crippen molar-refractivity contribution in [2.24, 2.45) is 5.92 Å². The second-order valence-corrected chi connectivity index (χ2v) is 6.13. The highest BCUT2D eigenvalue weighted by Crippen LogP contribution is 2.47. The lowest BCUT2D eigenvalue weighted by atomic mass is 9.84. The van der Waals surface area contributed by atoms with E-state index in [4.69, 9.17) is 4.74 Å². The van der Waals surface area contributed by atoms with Crippen molar-refractivity contribution in [3.63, 3.8) is 0 Å². The Kier molecular flexibility index (Phi) is 4.55. The number of halogens is 3. The first-order valence-corrected chi connectivity index (χ1v) is 7.86. The monoisotopic (exact) mass is 354 g/mol. The number of nitrogens with one attached hydrogen (secondary N) is 2. The molecule has 2 heterocycles. The molecule has 2 aliphatic rings. The molecule has 25 heavy (non-hydrogen) atoms. The third-order valence-corrected chi connectivity index (χ3v) is 4.53. The number of carbonyl (C=O) groups excluding carboxylic acids is 2. The fraction of sp³-hybridized carbons (Fsp3) is 0.412. The first-order valence-electron chi connectivity index (χ1n) is 7.86. The smallest absolute Gasteiger partial charge is 0.372 e. The Balaban J connectivity index is 1.74. The number of fused-ring (bicyclic) bond motifs is 2. The van der Waals surface area contributed by atoms with E-state index in [0.717, 1.165) is 6.08 Å². The average Bonchev–Trinajstić information content (AvgIpc) is 3.15. The molecule has 2 N–H and O–H groups in total. The molecule has 4 atom stereocenters. The number of hydrogen-bond donors (Lipinski definition) is 2. The molecule has 2 aliphatic heterocycles. The largest absolute Gasteiger partial charge is 0.396 e. The second kappa shape index (κ2) is 6.51. The first kappa shape index (κ1) is 17.5. The van der Waals surface area contributed by atoms with Crippen LogP contribution in [0.2, 0.25) is 0 Å². The maximum absolute atomic E-state index is 13.3. The summed E-state index contributed by atoms with van der Waals surface area (Å²) < 4.78 is 45.2. The zero-order valence-corrected chi connectivity index (χ0v) is 13.2. The van der Waals surface area contributed by atoms with Crippen molar-refractivity contribution in [3.8, 4) is 0 Å². The predicted octanol–water partition coefficient (Wildman–Crippen LogP) is 2.65. The molecule has 134 valence electrons. The van der Waals surface area contributed by atoms with E-state index in [0.29, 0.717) is 18.5 Å². The van der Waals surface area contributed by atoms with Gasteiger partial charge in [0, 0.05) is 11.3 Å². The third kappa shape index (κ3) is 3.53. The van der Waals surface area contributed by atoms with Crippen molar-refractivity contribution in [2.75, 3.05) is 5.32 Å². The molecule has 8 heteroatoms. The van der Waals surface area contributed by atoms with Crippen LogP contribution in [0.25, 0.3) is 0 Å². The second-order valence-electron chi connectivity index (χ2n) is 6.13. The van der Waals surface area contributed by atoms with Crippen LogP contribution in [-0.4, -0.2) is 36.2 Å². The number of ether oxygens (including phenoxy) is 1. The molecule has 0 saturated carbocycles. The van der Waals surface area contributed by atoms with Gasteiger partial charge in [0.1, 0.15) is 5.92 Å². The van der Waals surface area contributed by atoms with E-state index in [1.165, 1.54) is 18.2 Å². The molecule has 0 unspecified atom stereocenters. The summed E-state index contributed by atoms with van der Waals surface area (Å²) in [5, 5.41) is 4.96. The van der Waals surface area contributed by atoms with Crippen LogP contribution < -0.4 is 10.6 Å². The number of alkyl halides is 3. The van der Waals surface area contributed by atoms with Crippen LogP contribution in [0.4, 0.5) is 18.9 Å². The minimum absolute atomic E-state index is 0.158. The van der Waals surface area contributed by atoms with Gasteiger partial charge >= 0.3 is 6.18 Å². The van der Waals surface area contributed by atoms with E-state index in [-0.39, 0.29) is 5.56 Å². The van der Waals surface area contributed by atoms with Gasteiger partial charge < -0.3 is 15.4 Å². The minimum Gasteiger partial charge on any atom is -0.372 e. The van der Waals surface area contributed by atoms with Crippen LogP contribution in [0.3, 0.4) is 0 Å². The van der Waals surface area contributed by atoms with E-state index < -0.39 is 42.2 Å². The molecule has 0 spiro atoms. The Bertz CT molecular complexity index is 705. The lowest BCUT2D eigenvalue weighted by molar-refractivity contribution is -0.190. The van der Waals surface area contributed by atoms with Gasteiger partial charge in [0.2, 0.25) is 5.91 Å². The van der Waals surface area contributed by atoms with E-state index in [9.17, 15) is 22.8 Å². The summed E-state index contributed by atoms with van der Waals surface area (Å²) in [5.74, 6) is -2.78. The van der Waals surface area contributed by atoms with Gasteiger partial charge in [-0.2, -0.15) is 13.2 Å². The van der Waals surface area contributed by atoms with Gasteiger partial charge in [-0.1, -0.05) is 12.6 Å². The molecular formula is C17H17F3N2O3. The summed E-state index contributed by atoms with van der Waals surface area (Å²) in [6.07, 6.45) is -4.02. The fourth-order valence-electron chi connectivity index (χ4n) is 3.44. The Hall–Kier alpha value is -2.35. The molecule has 1 aromatic carbocycles. The molecule has 2 bridgehead atoms. The molecule has 1 aromatic rings. The summed E-state index contributed by atoms with van der Waals surface area (Å²) in [6.45, 7) is 3.32. The highest BCUT2D eigenvalue weighted by atomic mass is 19.4. The van der Waals surface area contributed by atoms with Crippen LogP contribution in [0.15, 0.2) is 36.9 Å². The summed E-state index contributed by atoms with van der Waals surface area (Å²) in [7, 11) is 0. The normalized spacial score (nSPS) is 27.8. The predicted molar refractivity (Wildman–Crippen MR) is 84.0 cm³/mol. The maximum Gasteiger partial charge on any atom is 0.396 e. The minimum atomic E-state index is -4.43. The first-order chi connectivity index (χ1) is 11.8. The Morgan fingerprint density at radius 3 is 2.64 bits per heavy atom. The summed E-state index contributed by atoms with van der Waals surface area (Å²) in [6, 6.07) is 4.87. The fourth-order valence-corrected chi connectivity index (χ4v) is 3.44. The average molecular weight is 354 g/mol. The lowest BCUT2D eigenvalue weighted by Crippen LogP contribution is -2.51. The molecule has 2 amide bonds. The summed E-state index contributed by atoms with van der Waals surface area (Å²) in [4.78, 5) is 23.7. The number of benzene rings is 1. The molecule has 0 aliphatic carbocycles. The van der Waals surface area contributed by atoms with Crippen LogP contribution in [0, 0.1) is 5.92 Å². The standard InChI is InChI=1S/C17H17F3N2O3/c1-2-13(23)21-10-5-3-4-9(8-10)16(24)22-15-12-7-6-11(25-12)14(15)17(18,19)20/h2-5,8,11-12,14-15H,1,6-7H2,(H,21,23)(H,22,24)/t11-,12+,14-,15-/m0/s1. The highest BCUT2D eigenvalue weighted by Gasteiger charge is 2.60. The van der Waals surface area contributed by atoms with Crippen LogP contribution in [0.1, 0.15) is 23.2 Å². The molecule has 2 saturated heterocycles. The topological polar surface area (TPSA) is 67.4 Å². The maximum atomic E-state index is 13.3. The Morgan fingerprint density at radius 2 is 1.96 bits per heavy atom. The van der Waals surface area contributed by atoms with Crippen LogP contribution >= 0.6 is 0 Å². The van der Waals surface area contributed by atoms with Gasteiger partial charge in [-0.25, -0.2) is 0 Å². The van der Waals surface area contributed by atoms with Crippen molar-refractivity contribution in [2.45, 2.75) is 37.3 Å². The van der Waals surface area contributed by atoms with Gasteiger partial charge in [0.15, 0.2) is 0 Å². The van der Waals surface area contributed by atoms with Crippen molar-refractivity contribution >= 4 is 17.5 Å². The van der Waals surface area contributed by atoms with Gasteiger partial charge in [0.25, 0.3) is 5.91 Å². The molecule has 3 rings (SSSR count). The Morgan fingerprint density at radius 1 is 1.24 bits per heavy atom. The number of amides is 2. The lowest BCUT2D eigenvalue weighted by Gasteiger charge is -2.30. The SMILES string of the molecule is C=CC(=O)Nc1cccc(C(=O)N[C@@H]2[C@@H](C(F)(F)F)[C@@H]3CC[C@H]2O3)c1. The van der Waals surface area contributed by atoms with Gasteiger partial charge in [-0.3, -0.25) is 9.59 Å². The zero-order valence-electron chi connectivity index (χ0n) is 13.2. The molecule has 5 nitrogen and oxygen atoms in total. The van der Waals surface area contributed by atoms with Crippen LogP contribution in [-0.2, 0) is 9.53 Å². The van der Waals surface area contributed by atoms with Gasteiger partial charge in [-0.05, 0) is 37.1 Å². The van der Waals surface area contributed by atoms with Crippen molar-refractivity contribution < 1.29 is 27.5 Å². The van der Waals surface area contributed by atoms with Crippen molar-refractivity contribution in [3.05, 3.63) is 42.5 Å². The van der Waals surface area contributed by atoms with Crippen molar-refractivity contribution in [1.82, 2.24) is 5.32 Å². The van der Waals surface area contributed by atoms with Gasteiger partial charge in [-0.15, -0.1) is 0 Å². The Labute approximate surface area is 142 Å². The van der Waals surface area contributed by atoms with E-state index >= 15 is 0 Å². The highest BCUT2D eigenvalue weighted by molar-refractivity contribution is 6.00. The molecule has 2 fully saturated rings. The molecule has 0 radical (unpaired) electrons. The molecule has 0 aromatic heterocycles. The number of carbonyl (C=O) groups is 2. The number of hydrogen-bond acceptors (Lipinski definition) is 3. The van der Waals surface area contributed by atoms with Crippen molar-refractivity contribution in [1.29, 1.82) is 0 Å². The van der Waals surface area contributed by atoms with Crippen LogP contribution in [0.5, 0.6) is 0 Å². The number of anilines is 1. The zero-order chi connectivity index (χ0) is 18.2. The van der Waals surface area contributed by atoms with E-state index in [2.05, 4.69) is 17.2 Å². The summed E-state index contributed by atoms with van der Waals surface area (Å²) >= 11 is 0. The quantitative estimate of drug-likeness (QED) is 0.817. The van der Waals surface area contributed by atoms with Gasteiger partial charge in [0.05, 0.1) is 18.2 Å². The van der Waals surface area contributed by atoms with E-state index in [1.807, 2.05) is 0 Å².